The molecule has 0 bridgehead atoms. The number of halogens is 4. The van der Waals surface area contributed by atoms with Crippen LogP contribution in [0.15, 0.2) is 18.2 Å². The fourth-order valence-electron chi connectivity index (χ4n) is 1.78. The normalized spacial score (nSPS) is 19.7. The van der Waals surface area contributed by atoms with E-state index in [0.29, 0.717) is 13.2 Å². The minimum Gasteiger partial charge on any atom is -0.378 e. The molecule has 1 aromatic carbocycles. The van der Waals surface area contributed by atoms with E-state index >= 15 is 0 Å². The second-order valence-corrected chi connectivity index (χ2v) is 4.67. The van der Waals surface area contributed by atoms with Gasteiger partial charge in [0, 0.05) is 12.2 Å². The first-order chi connectivity index (χ1) is 9.38. The number of hydrogen-bond donors (Lipinski definition) is 2. The lowest BCUT2D eigenvalue weighted by Crippen LogP contribution is -2.48. The molecule has 4 nitrogen and oxygen atoms in total. The van der Waals surface area contributed by atoms with Crippen LogP contribution in [0.2, 0.25) is 5.02 Å². The number of morpholine rings is 1. The molecule has 1 aliphatic heterocycles. The molecule has 20 heavy (non-hydrogen) atoms. The smallest absolute Gasteiger partial charge is 0.378 e. The van der Waals surface area contributed by atoms with E-state index in [0.717, 1.165) is 12.1 Å². The highest BCUT2D eigenvalue weighted by atomic mass is 35.5. The Kier molecular flexibility index (Phi) is 4.52. The summed E-state index contributed by atoms with van der Waals surface area (Å²) < 4.78 is 43.2. The Balaban J connectivity index is 2.11. The van der Waals surface area contributed by atoms with Gasteiger partial charge >= 0.3 is 6.18 Å². The van der Waals surface area contributed by atoms with Crippen molar-refractivity contribution in [3.8, 4) is 0 Å². The van der Waals surface area contributed by atoms with Crippen LogP contribution in [0, 0.1) is 0 Å². The fourth-order valence-corrected chi connectivity index (χ4v) is 2.01. The minimum absolute atomic E-state index is 0.0408. The van der Waals surface area contributed by atoms with Gasteiger partial charge in [-0.25, -0.2) is 0 Å². The van der Waals surface area contributed by atoms with E-state index < -0.39 is 28.7 Å². The Labute approximate surface area is 118 Å². The number of nitrogens with one attached hydrogen (secondary N) is 2. The van der Waals surface area contributed by atoms with Crippen LogP contribution in [0.5, 0.6) is 0 Å². The molecule has 1 amide bonds. The quantitative estimate of drug-likeness (QED) is 0.881. The molecule has 2 N–H and O–H groups in total. The third kappa shape index (κ3) is 3.62. The summed E-state index contributed by atoms with van der Waals surface area (Å²) in [5.41, 5.74) is -0.941. The summed E-state index contributed by atoms with van der Waals surface area (Å²) in [5, 5.41) is 4.91. The maximum absolute atomic E-state index is 12.7. The number of anilines is 1. The highest BCUT2D eigenvalue weighted by Gasteiger charge is 2.33. The van der Waals surface area contributed by atoms with Gasteiger partial charge < -0.3 is 15.4 Å². The molecule has 0 spiro atoms. The molecule has 1 unspecified atom stereocenters. The van der Waals surface area contributed by atoms with Crippen LogP contribution in [0.25, 0.3) is 0 Å². The Morgan fingerprint density at radius 2 is 2.20 bits per heavy atom. The van der Waals surface area contributed by atoms with Crippen LogP contribution in [0.1, 0.15) is 5.56 Å². The molecule has 0 aromatic heterocycles. The van der Waals surface area contributed by atoms with Gasteiger partial charge in [-0.2, -0.15) is 13.2 Å². The van der Waals surface area contributed by atoms with E-state index in [9.17, 15) is 18.0 Å². The lowest BCUT2D eigenvalue weighted by Gasteiger charge is -2.23. The summed E-state index contributed by atoms with van der Waals surface area (Å²) >= 11 is 5.50. The first-order valence-corrected chi connectivity index (χ1v) is 6.24. The molecule has 8 heteroatoms. The summed E-state index contributed by atoms with van der Waals surface area (Å²) in [6.45, 7) is 1.21. The fraction of sp³-hybridized carbons (Fsp3) is 0.417. The highest BCUT2D eigenvalue weighted by molar-refractivity contribution is 6.31. The van der Waals surface area contributed by atoms with Gasteiger partial charge in [-0.05, 0) is 18.2 Å². The molecule has 0 saturated carbocycles. The topological polar surface area (TPSA) is 50.4 Å². The SMILES string of the molecule is O=C(Nc1ccc(Cl)c(C(F)(F)F)c1)C1COCCN1. The largest absolute Gasteiger partial charge is 0.417 e. The Hall–Kier alpha value is -1.31. The van der Waals surface area contributed by atoms with Crippen LogP contribution < -0.4 is 10.6 Å². The van der Waals surface area contributed by atoms with E-state index in [-0.39, 0.29) is 12.3 Å². The van der Waals surface area contributed by atoms with E-state index in [4.69, 9.17) is 16.3 Å². The number of carbonyl (C=O) groups excluding carboxylic acids is 1. The zero-order valence-electron chi connectivity index (χ0n) is 10.3. The van der Waals surface area contributed by atoms with Gasteiger partial charge in [-0.15, -0.1) is 0 Å². The van der Waals surface area contributed by atoms with Gasteiger partial charge in [0.2, 0.25) is 5.91 Å². The maximum Gasteiger partial charge on any atom is 0.417 e. The van der Waals surface area contributed by atoms with Crippen molar-refractivity contribution in [1.82, 2.24) is 5.32 Å². The Morgan fingerprint density at radius 1 is 1.45 bits per heavy atom. The molecule has 0 radical (unpaired) electrons. The highest BCUT2D eigenvalue weighted by Crippen LogP contribution is 2.36. The van der Waals surface area contributed by atoms with Crippen molar-refractivity contribution in [3.63, 3.8) is 0 Å². The number of benzene rings is 1. The van der Waals surface area contributed by atoms with Crippen molar-refractivity contribution in [2.45, 2.75) is 12.2 Å². The number of ether oxygens (including phenoxy) is 1. The molecule has 1 heterocycles. The Bertz CT molecular complexity index is 502. The number of carbonyl (C=O) groups is 1. The van der Waals surface area contributed by atoms with Gasteiger partial charge in [0.25, 0.3) is 0 Å². The average molecular weight is 309 g/mol. The molecule has 1 aliphatic rings. The lowest BCUT2D eigenvalue weighted by atomic mass is 10.1. The minimum atomic E-state index is -4.57. The molecule has 1 aromatic rings. The van der Waals surface area contributed by atoms with Crippen LogP contribution in [0.3, 0.4) is 0 Å². The first-order valence-electron chi connectivity index (χ1n) is 5.86. The number of amides is 1. The van der Waals surface area contributed by atoms with E-state index in [1.165, 1.54) is 6.07 Å². The average Bonchev–Trinajstić information content (AvgIpc) is 2.40. The van der Waals surface area contributed by atoms with E-state index in [1.54, 1.807) is 0 Å². The molecule has 1 fully saturated rings. The molecule has 1 saturated heterocycles. The molecular weight excluding hydrogens is 297 g/mol. The second kappa shape index (κ2) is 5.99. The predicted molar refractivity (Wildman–Crippen MR) is 67.7 cm³/mol. The van der Waals surface area contributed by atoms with Crippen LogP contribution in [-0.2, 0) is 15.7 Å². The predicted octanol–water partition coefficient (Wildman–Crippen LogP) is 2.29. The van der Waals surface area contributed by atoms with E-state index in [2.05, 4.69) is 10.6 Å². The standard InChI is InChI=1S/C12H12ClF3N2O2/c13-9-2-1-7(5-8(9)12(14,15)16)18-11(19)10-6-20-4-3-17-10/h1-2,5,10,17H,3-4,6H2,(H,18,19). The van der Waals surface area contributed by atoms with Crippen molar-refractivity contribution in [2.75, 3.05) is 25.1 Å². The maximum atomic E-state index is 12.7. The van der Waals surface area contributed by atoms with Gasteiger partial charge in [0.15, 0.2) is 0 Å². The lowest BCUT2D eigenvalue weighted by molar-refractivity contribution is -0.137. The summed E-state index contributed by atoms with van der Waals surface area (Å²) in [7, 11) is 0. The van der Waals surface area contributed by atoms with Crippen molar-refractivity contribution < 1.29 is 22.7 Å². The van der Waals surface area contributed by atoms with Crippen molar-refractivity contribution in [3.05, 3.63) is 28.8 Å². The van der Waals surface area contributed by atoms with Crippen LogP contribution in [-0.4, -0.2) is 31.7 Å². The molecule has 110 valence electrons. The molecule has 2 rings (SSSR count). The number of alkyl halides is 3. The second-order valence-electron chi connectivity index (χ2n) is 4.26. The first kappa shape index (κ1) is 15.1. The van der Waals surface area contributed by atoms with Gasteiger partial charge in [0.05, 0.1) is 23.8 Å². The number of hydrogen-bond acceptors (Lipinski definition) is 3. The zero-order valence-corrected chi connectivity index (χ0v) is 11.0. The zero-order chi connectivity index (χ0) is 14.8. The summed E-state index contributed by atoms with van der Waals surface area (Å²) in [5.74, 6) is -0.444. The summed E-state index contributed by atoms with van der Waals surface area (Å²) in [6, 6.07) is 2.65. The van der Waals surface area contributed by atoms with Crippen molar-refractivity contribution in [2.24, 2.45) is 0 Å². The summed E-state index contributed by atoms with van der Waals surface area (Å²) in [6.07, 6.45) is -4.57. The third-order valence-corrected chi connectivity index (χ3v) is 3.11. The molecular formula is C12H12ClF3N2O2. The number of rotatable bonds is 2. The Morgan fingerprint density at radius 3 is 2.80 bits per heavy atom. The van der Waals surface area contributed by atoms with Crippen LogP contribution >= 0.6 is 11.6 Å². The molecule has 1 atom stereocenters. The monoisotopic (exact) mass is 308 g/mol. The van der Waals surface area contributed by atoms with Crippen molar-refractivity contribution >= 4 is 23.2 Å². The van der Waals surface area contributed by atoms with Crippen LogP contribution in [0.4, 0.5) is 18.9 Å². The molecule has 0 aliphatic carbocycles. The third-order valence-electron chi connectivity index (χ3n) is 2.78. The van der Waals surface area contributed by atoms with E-state index in [1.807, 2.05) is 0 Å². The summed E-state index contributed by atoms with van der Waals surface area (Å²) in [4.78, 5) is 11.8. The van der Waals surface area contributed by atoms with Crippen molar-refractivity contribution in [1.29, 1.82) is 0 Å². The van der Waals surface area contributed by atoms with Gasteiger partial charge in [-0.1, -0.05) is 11.6 Å². The van der Waals surface area contributed by atoms with Gasteiger partial charge in [-0.3, -0.25) is 4.79 Å². The van der Waals surface area contributed by atoms with Gasteiger partial charge in [0.1, 0.15) is 6.04 Å².